The van der Waals surface area contributed by atoms with Gasteiger partial charge >= 0.3 is 21.7 Å². The molecule has 0 aliphatic rings. The van der Waals surface area contributed by atoms with E-state index in [0.29, 0.717) is 5.92 Å². The van der Waals surface area contributed by atoms with Crippen LogP contribution < -0.4 is 58.0 Å². The third-order valence-corrected chi connectivity index (χ3v) is 12.1. The molecule has 0 N–H and O–H groups in total. The molecule has 5 heteroatoms. The van der Waals surface area contributed by atoms with Gasteiger partial charge in [0, 0.05) is 0 Å². The molecule has 0 bridgehead atoms. The van der Waals surface area contributed by atoms with E-state index < -0.39 is 8.07 Å². The Hall–Kier alpha value is -1.19. The predicted molar refractivity (Wildman–Crippen MR) is 153 cm³/mol. The van der Waals surface area contributed by atoms with Crippen LogP contribution in [0.2, 0.25) is 0 Å². The van der Waals surface area contributed by atoms with Crippen LogP contribution >= 0.6 is 0 Å². The van der Waals surface area contributed by atoms with E-state index in [1.54, 1.807) is 5.19 Å². The van der Waals surface area contributed by atoms with Crippen molar-refractivity contribution in [1.29, 1.82) is 0 Å². The van der Waals surface area contributed by atoms with Crippen LogP contribution in [-0.4, -0.2) is 8.07 Å². The largest absolute Gasteiger partial charge is 4.00 e. The fourth-order valence-corrected chi connectivity index (χ4v) is 11.7. The second kappa shape index (κ2) is 15.0. The van der Waals surface area contributed by atoms with E-state index in [2.05, 4.69) is 128 Å². The van der Waals surface area contributed by atoms with E-state index in [1.807, 2.05) is 0 Å². The Balaban J connectivity index is 0.00000342. The smallest absolute Gasteiger partial charge is 1.00 e. The first-order valence-electron chi connectivity index (χ1n) is 12.7. The van der Waals surface area contributed by atoms with Gasteiger partial charge in [0.25, 0.3) is 0 Å². The molecule has 4 aromatic rings. The molecule has 0 amide bonds. The Morgan fingerprint density at radius 3 is 1.21 bits per heavy atom. The van der Waals surface area contributed by atoms with Crippen LogP contribution in [-0.2, 0) is 21.7 Å². The zero-order valence-electron chi connectivity index (χ0n) is 23.8. The van der Waals surface area contributed by atoms with Crippen LogP contribution in [0, 0.1) is 41.5 Å². The number of aryl methyl sites for hydroxylation is 6. The molecular formula is C33H39Cl3SiTi. The van der Waals surface area contributed by atoms with Crippen molar-refractivity contribution in [2.45, 2.75) is 67.7 Å². The fourth-order valence-electron chi connectivity index (χ4n) is 5.97. The second-order valence-electron chi connectivity index (χ2n) is 10.6. The standard InChI is InChI=1S/C33H39Si.3ClH.Ti/c1-9-28(8)32-11-10-12-33(32)34(29-16-22(2)13-23(3)17-29,30-18-24(4)14-25(5)19-30)31-20-26(6)15-27(7)21-31;;;;/h10-21,28H,9H2,1-8H3;3*1H;/q-1;;;;+4/p-3. The first kappa shape index (κ1) is 36.8. The number of halogens is 3. The Morgan fingerprint density at radius 2 is 0.921 bits per heavy atom. The van der Waals surface area contributed by atoms with Crippen LogP contribution in [0.3, 0.4) is 0 Å². The Labute approximate surface area is 265 Å². The van der Waals surface area contributed by atoms with Gasteiger partial charge in [-0.25, -0.2) is 12.1 Å². The van der Waals surface area contributed by atoms with Crippen LogP contribution in [0.1, 0.15) is 65.1 Å². The molecule has 0 saturated carbocycles. The fraction of sp³-hybridized carbons (Fsp3) is 0.303. The quantitative estimate of drug-likeness (QED) is 0.124. The summed E-state index contributed by atoms with van der Waals surface area (Å²) in [5.41, 5.74) is 9.59. The zero-order chi connectivity index (χ0) is 24.6. The minimum atomic E-state index is -2.56. The minimum Gasteiger partial charge on any atom is -1.00 e. The van der Waals surface area contributed by atoms with Crippen LogP contribution in [0.25, 0.3) is 0 Å². The molecule has 0 radical (unpaired) electrons. The number of rotatable bonds is 6. The number of hydrogen-bond donors (Lipinski definition) is 0. The predicted octanol–water partition coefficient (Wildman–Crippen LogP) is -2.84. The molecule has 38 heavy (non-hydrogen) atoms. The summed E-state index contributed by atoms with van der Waals surface area (Å²) in [4.78, 5) is 0. The van der Waals surface area contributed by atoms with Crippen LogP contribution in [0.15, 0.2) is 72.8 Å². The minimum absolute atomic E-state index is 0. The van der Waals surface area contributed by atoms with E-state index in [4.69, 9.17) is 0 Å². The average Bonchev–Trinajstić information content (AvgIpc) is 3.22. The van der Waals surface area contributed by atoms with Gasteiger partial charge in [0.1, 0.15) is 8.07 Å². The van der Waals surface area contributed by atoms with Gasteiger partial charge in [0.05, 0.1) is 0 Å². The molecule has 4 aromatic carbocycles. The first-order chi connectivity index (χ1) is 16.1. The van der Waals surface area contributed by atoms with Crippen molar-refractivity contribution < 1.29 is 58.9 Å². The summed E-state index contributed by atoms with van der Waals surface area (Å²) in [7, 11) is -2.56. The van der Waals surface area contributed by atoms with E-state index in [9.17, 15) is 0 Å². The van der Waals surface area contributed by atoms with Crippen LogP contribution in [0.5, 0.6) is 0 Å². The van der Waals surface area contributed by atoms with Gasteiger partial charge in [0.15, 0.2) is 0 Å². The van der Waals surface area contributed by atoms with Crippen molar-refractivity contribution in [3.8, 4) is 0 Å². The Kier molecular flexibility index (Phi) is 14.5. The second-order valence-corrected chi connectivity index (χ2v) is 14.4. The molecule has 0 aliphatic carbocycles. The molecule has 0 heterocycles. The zero-order valence-corrected chi connectivity index (χ0v) is 28.7. The number of benzene rings is 3. The molecule has 0 fully saturated rings. The van der Waals surface area contributed by atoms with Gasteiger partial charge in [-0.05, 0) is 47.5 Å². The topological polar surface area (TPSA) is 0 Å². The van der Waals surface area contributed by atoms with E-state index in [0.717, 1.165) is 6.42 Å². The van der Waals surface area contributed by atoms with Crippen molar-refractivity contribution in [2.75, 3.05) is 0 Å². The van der Waals surface area contributed by atoms with Gasteiger partial charge in [0.2, 0.25) is 0 Å². The van der Waals surface area contributed by atoms with Gasteiger partial charge < -0.3 is 37.2 Å². The molecule has 0 saturated heterocycles. The molecule has 1 unspecified atom stereocenters. The molecule has 1 atom stereocenters. The maximum absolute atomic E-state index is 2.56. The molecule has 200 valence electrons. The number of hydrogen-bond acceptors (Lipinski definition) is 0. The molecule has 0 aliphatic heterocycles. The van der Waals surface area contributed by atoms with Crippen molar-refractivity contribution in [3.63, 3.8) is 0 Å². The van der Waals surface area contributed by atoms with Gasteiger partial charge in [-0.2, -0.15) is 11.6 Å². The maximum atomic E-state index is 2.47. The summed E-state index contributed by atoms with van der Waals surface area (Å²) in [6, 6.07) is 28.9. The summed E-state index contributed by atoms with van der Waals surface area (Å²) in [5, 5.41) is 6.05. The van der Waals surface area contributed by atoms with E-state index in [-0.39, 0.29) is 58.9 Å². The average molecular weight is 618 g/mol. The van der Waals surface area contributed by atoms with Crippen LogP contribution in [0.4, 0.5) is 0 Å². The van der Waals surface area contributed by atoms with Crippen molar-refractivity contribution in [1.82, 2.24) is 0 Å². The van der Waals surface area contributed by atoms with Crippen molar-refractivity contribution in [2.24, 2.45) is 0 Å². The Bertz CT molecular complexity index is 1160. The monoisotopic (exact) mass is 616 g/mol. The first-order valence-corrected chi connectivity index (χ1v) is 14.7. The van der Waals surface area contributed by atoms with Gasteiger partial charge in [-0.3, -0.25) is 0 Å². The molecular weight excluding hydrogens is 579 g/mol. The van der Waals surface area contributed by atoms with Crippen molar-refractivity contribution >= 4 is 28.8 Å². The van der Waals surface area contributed by atoms with Gasteiger partial charge in [-0.15, -0.1) is 5.19 Å². The van der Waals surface area contributed by atoms with Crippen molar-refractivity contribution in [3.05, 3.63) is 112 Å². The Morgan fingerprint density at radius 1 is 0.605 bits per heavy atom. The SMILES string of the molecule is CCC(C)c1ccc[c-]1[Si](c1cc(C)cc(C)c1)(c1cc(C)cc(C)c1)c1cc(C)cc(C)c1.[Cl-].[Cl-].[Cl-].[Ti+4]. The summed E-state index contributed by atoms with van der Waals surface area (Å²) in [5.74, 6) is 0.527. The maximum Gasteiger partial charge on any atom is 4.00 e. The summed E-state index contributed by atoms with van der Waals surface area (Å²) in [6.45, 7) is 18.2. The molecule has 4 rings (SSSR count). The molecule has 0 aromatic heterocycles. The normalized spacial score (nSPS) is 11.4. The third kappa shape index (κ3) is 7.11. The van der Waals surface area contributed by atoms with Gasteiger partial charge in [-0.1, -0.05) is 124 Å². The molecule has 0 nitrogen and oxygen atoms in total. The van der Waals surface area contributed by atoms with E-state index >= 15 is 0 Å². The summed E-state index contributed by atoms with van der Waals surface area (Å²) in [6.07, 6.45) is 1.15. The third-order valence-electron chi connectivity index (χ3n) is 7.36. The summed E-state index contributed by atoms with van der Waals surface area (Å²) < 4.78 is 0. The summed E-state index contributed by atoms with van der Waals surface area (Å²) >= 11 is 0. The molecule has 0 spiro atoms. The van der Waals surface area contributed by atoms with E-state index in [1.165, 1.54) is 54.5 Å².